The summed E-state index contributed by atoms with van der Waals surface area (Å²) in [5, 5.41) is 0. The second-order valence-electron chi connectivity index (χ2n) is 20.9. The second-order valence-corrected chi connectivity index (χ2v) is 20.9. The molecule has 446 valence electrons. The second kappa shape index (κ2) is 65.8. The molecular formula is C73H118O6. The highest BCUT2D eigenvalue weighted by molar-refractivity contribution is 5.71. The van der Waals surface area contributed by atoms with E-state index in [2.05, 4.69) is 167 Å². The molecule has 0 aromatic carbocycles. The average molecular weight is 1090 g/mol. The van der Waals surface area contributed by atoms with E-state index < -0.39 is 6.10 Å². The van der Waals surface area contributed by atoms with Crippen LogP contribution in [0.5, 0.6) is 0 Å². The van der Waals surface area contributed by atoms with Gasteiger partial charge in [-0.2, -0.15) is 0 Å². The lowest BCUT2D eigenvalue weighted by atomic mass is 10.0. The van der Waals surface area contributed by atoms with Gasteiger partial charge in [-0.15, -0.1) is 0 Å². The third-order valence-electron chi connectivity index (χ3n) is 13.3. The lowest BCUT2D eigenvalue weighted by Gasteiger charge is -2.18. The maximum Gasteiger partial charge on any atom is 0.306 e. The monoisotopic (exact) mass is 1090 g/mol. The molecule has 1 unspecified atom stereocenters. The minimum absolute atomic E-state index is 0.100. The summed E-state index contributed by atoms with van der Waals surface area (Å²) >= 11 is 0. The molecule has 0 radical (unpaired) electrons. The molecule has 0 aliphatic carbocycles. The summed E-state index contributed by atoms with van der Waals surface area (Å²) in [7, 11) is 0. The molecule has 0 fully saturated rings. The molecule has 0 rings (SSSR count). The van der Waals surface area contributed by atoms with Crippen LogP contribution < -0.4 is 0 Å². The van der Waals surface area contributed by atoms with Crippen LogP contribution in [0.1, 0.15) is 278 Å². The van der Waals surface area contributed by atoms with E-state index in [1.54, 1.807) is 0 Å². The molecule has 0 heterocycles. The van der Waals surface area contributed by atoms with E-state index in [4.69, 9.17) is 14.2 Å². The molecule has 0 aliphatic rings. The zero-order valence-electron chi connectivity index (χ0n) is 51.1. The Morgan fingerprint density at radius 2 is 0.494 bits per heavy atom. The Morgan fingerprint density at radius 3 is 0.785 bits per heavy atom. The first kappa shape index (κ1) is 74.3. The van der Waals surface area contributed by atoms with Gasteiger partial charge >= 0.3 is 17.9 Å². The number of carbonyl (C=O) groups is 3. The van der Waals surface area contributed by atoms with Gasteiger partial charge in [-0.3, -0.25) is 14.4 Å². The zero-order chi connectivity index (χ0) is 57.1. The average Bonchev–Trinajstić information content (AvgIpc) is 3.45. The van der Waals surface area contributed by atoms with Crippen molar-refractivity contribution in [3.8, 4) is 0 Å². The summed E-state index contributed by atoms with van der Waals surface area (Å²) in [6.07, 6.45) is 94.3. The number of esters is 3. The lowest BCUT2D eigenvalue weighted by Crippen LogP contribution is -2.30. The largest absolute Gasteiger partial charge is 0.462 e. The van der Waals surface area contributed by atoms with Crippen LogP contribution in [-0.4, -0.2) is 37.2 Å². The standard InChI is InChI=1S/C73H118O6/c1-4-7-10-13-16-19-22-25-27-28-29-30-31-32-33-34-35-36-37-38-39-40-41-42-43-44-46-48-51-54-57-60-63-66-72(75)78-69-70(68-77-71(74)65-62-59-56-53-50-47-24-21-18-15-12-9-6-3)79-73(76)67-64-61-58-55-52-49-45-26-23-20-17-14-11-8-5-2/h7,9-10,12,16,18-19,21,25,27,29-30,32-33,35-36,38-39,41-42,44,46-47,50,70H,4-6,8,11,13-15,17,20,22-24,26,28,31,34,37,40,43,45,48-49,51-69H2,1-3H3/b10-7-,12-9-,19-16-,21-18-,27-25-,30-29-,33-32-,36-35-,39-38-,42-41-,46-44-,50-47-. The van der Waals surface area contributed by atoms with Gasteiger partial charge in [0.05, 0.1) is 0 Å². The van der Waals surface area contributed by atoms with Gasteiger partial charge in [0.1, 0.15) is 13.2 Å². The zero-order valence-corrected chi connectivity index (χ0v) is 51.1. The van der Waals surface area contributed by atoms with Crippen LogP contribution in [0, 0.1) is 0 Å². The van der Waals surface area contributed by atoms with Crippen LogP contribution in [0.3, 0.4) is 0 Å². The maximum absolute atomic E-state index is 12.9. The quantitative estimate of drug-likeness (QED) is 0.0261. The fourth-order valence-corrected chi connectivity index (χ4v) is 8.57. The number of hydrogen-bond acceptors (Lipinski definition) is 6. The number of unbranched alkanes of at least 4 members (excludes halogenated alkanes) is 22. The van der Waals surface area contributed by atoms with Gasteiger partial charge in [0.25, 0.3) is 0 Å². The molecule has 1 atom stereocenters. The summed E-state index contributed by atoms with van der Waals surface area (Å²) in [4.78, 5) is 38.2. The Bertz CT molecular complexity index is 1730. The highest BCUT2D eigenvalue weighted by Gasteiger charge is 2.19. The third kappa shape index (κ3) is 64.0. The fourth-order valence-electron chi connectivity index (χ4n) is 8.57. The minimum Gasteiger partial charge on any atom is -0.462 e. The summed E-state index contributed by atoms with van der Waals surface area (Å²) < 4.78 is 16.9. The van der Waals surface area contributed by atoms with Gasteiger partial charge in [-0.05, 0) is 122 Å². The normalized spacial score (nSPS) is 13.1. The van der Waals surface area contributed by atoms with Crippen molar-refractivity contribution in [3.05, 3.63) is 146 Å². The van der Waals surface area contributed by atoms with Gasteiger partial charge in [-0.1, -0.05) is 282 Å². The molecule has 0 aromatic heterocycles. The predicted octanol–water partition coefficient (Wildman–Crippen LogP) is 22.3. The van der Waals surface area contributed by atoms with E-state index in [9.17, 15) is 14.4 Å². The number of hydrogen-bond donors (Lipinski definition) is 0. The van der Waals surface area contributed by atoms with E-state index in [0.717, 1.165) is 161 Å². The first-order chi connectivity index (χ1) is 39.0. The topological polar surface area (TPSA) is 78.9 Å². The van der Waals surface area contributed by atoms with Crippen molar-refractivity contribution >= 4 is 17.9 Å². The molecule has 0 saturated heterocycles. The van der Waals surface area contributed by atoms with Gasteiger partial charge in [0.2, 0.25) is 0 Å². The Hall–Kier alpha value is -4.71. The lowest BCUT2D eigenvalue weighted by molar-refractivity contribution is -0.167. The van der Waals surface area contributed by atoms with Gasteiger partial charge in [-0.25, -0.2) is 0 Å². The Kier molecular flexibility index (Phi) is 61.9. The number of allylic oxidation sites excluding steroid dienone is 24. The van der Waals surface area contributed by atoms with Crippen LogP contribution in [0.15, 0.2) is 146 Å². The Balaban J connectivity index is 4.33. The summed E-state index contributed by atoms with van der Waals surface area (Å²) in [5.41, 5.74) is 0. The van der Waals surface area contributed by atoms with Crippen LogP contribution >= 0.6 is 0 Å². The molecule has 6 nitrogen and oxygen atoms in total. The van der Waals surface area contributed by atoms with Crippen LogP contribution in [0.4, 0.5) is 0 Å². The van der Waals surface area contributed by atoms with Crippen molar-refractivity contribution in [3.63, 3.8) is 0 Å². The van der Waals surface area contributed by atoms with Crippen molar-refractivity contribution in [1.82, 2.24) is 0 Å². The minimum atomic E-state index is -0.802. The molecule has 0 spiro atoms. The van der Waals surface area contributed by atoms with Crippen molar-refractivity contribution < 1.29 is 28.6 Å². The van der Waals surface area contributed by atoms with E-state index >= 15 is 0 Å². The van der Waals surface area contributed by atoms with E-state index in [0.29, 0.717) is 19.3 Å². The molecule has 0 bridgehead atoms. The van der Waals surface area contributed by atoms with Crippen LogP contribution in [0.2, 0.25) is 0 Å². The number of carbonyl (C=O) groups excluding carboxylic acids is 3. The molecule has 0 saturated carbocycles. The van der Waals surface area contributed by atoms with Crippen molar-refractivity contribution in [2.45, 2.75) is 284 Å². The van der Waals surface area contributed by atoms with E-state index in [1.807, 2.05) is 0 Å². The summed E-state index contributed by atoms with van der Waals surface area (Å²) in [6, 6.07) is 0. The molecule has 6 heteroatoms. The Labute approximate surface area is 487 Å². The molecule has 0 aliphatic heterocycles. The molecular weight excluding hydrogens is 973 g/mol. The predicted molar refractivity (Wildman–Crippen MR) is 343 cm³/mol. The molecule has 0 amide bonds. The third-order valence-corrected chi connectivity index (χ3v) is 13.3. The highest BCUT2D eigenvalue weighted by Crippen LogP contribution is 2.15. The smallest absolute Gasteiger partial charge is 0.306 e. The molecule has 0 N–H and O–H groups in total. The van der Waals surface area contributed by atoms with Gasteiger partial charge < -0.3 is 14.2 Å². The van der Waals surface area contributed by atoms with E-state index in [-0.39, 0.29) is 31.1 Å². The number of rotatable bonds is 57. The first-order valence-electron chi connectivity index (χ1n) is 32.3. The Morgan fingerprint density at radius 1 is 0.266 bits per heavy atom. The van der Waals surface area contributed by atoms with Crippen molar-refractivity contribution in [1.29, 1.82) is 0 Å². The fraction of sp³-hybridized carbons (Fsp3) is 0.630. The number of ether oxygens (including phenoxy) is 3. The van der Waals surface area contributed by atoms with Crippen molar-refractivity contribution in [2.24, 2.45) is 0 Å². The van der Waals surface area contributed by atoms with Crippen LogP contribution in [0.25, 0.3) is 0 Å². The molecule has 79 heavy (non-hydrogen) atoms. The van der Waals surface area contributed by atoms with E-state index in [1.165, 1.54) is 77.0 Å². The maximum atomic E-state index is 12.9. The van der Waals surface area contributed by atoms with Gasteiger partial charge in [0.15, 0.2) is 6.10 Å². The molecule has 0 aromatic rings. The first-order valence-corrected chi connectivity index (χ1v) is 32.3. The highest BCUT2D eigenvalue weighted by atomic mass is 16.6. The van der Waals surface area contributed by atoms with Crippen molar-refractivity contribution in [2.75, 3.05) is 13.2 Å². The SMILES string of the molecule is CC/C=C\C/C=C\C/C=C\C/C=C\C/C=C\C/C=C\C/C=C\C/C=C\C/C=C\CCCCCCCC(=O)OCC(COC(=O)CCCCC/C=C\C/C=C\C/C=C\CC)OC(=O)CCCCCCCCCCCCCCCCC. The summed E-state index contributed by atoms with van der Waals surface area (Å²) in [5.74, 6) is -0.945. The van der Waals surface area contributed by atoms with Crippen LogP contribution in [-0.2, 0) is 28.6 Å². The summed E-state index contributed by atoms with van der Waals surface area (Å²) in [6.45, 7) is 6.38. The van der Waals surface area contributed by atoms with Gasteiger partial charge in [0, 0.05) is 19.3 Å².